The molecule has 0 N–H and O–H groups in total. The molecule has 0 heterocycles. The van der Waals surface area contributed by atoms with Gasteiger partial charge in [0.2, 0.25) is 5.91 Å². The molecule has 104 valence electrons. The first-order chi connectivity index (χ1) is 9.10. The van der Waals surface area contributed by atoms with Crippen molar-refractivity contribution in [2.24, 2.45) is 0 Å². The van der Waals surface area contributed by atoms with Crippen LogP contribution in [0.25, 0.3) is 6.08 Å². The van der Waals surface area contributed by atoms with Crippen molar-refractivity contribution < 1.29 is 9.18 Å². The zero-order valence-corrected chi connectivity index (χ0v) is 12.1. The average molecular weight is 284 g/mol. The number of carbonyl (C=O) groups excluding carboxylic acids is 1. The van der Waals surface area contributed by atoms with E-state index >= 15 is 0 Å². The Hall–Kier alpha value is -1.35. The minimum Gasteiger partial charge on any atom is -0.339 e. The highest BCUT2D eigenvalue weighted by Crippen LogP contribution is 2.20. The summed E-state index contributed by atoms with van der Waals surface area (Å²) in [7, 11) is 0. The van der Waals surface area contributed by atoms with Crippen LogP contribution in [0.3, 0.4) is 0 Å². The molecule has 0 saturated carbocycles. The molecule has 0 aliphatic heterocycles. The molecule has 0 unspecified atom stereocenters. The number of nitrogens with zero attached hydrogens (tertiary/aromatic N) is 1. The van der Waals surface area contributed by atoms with Crippen LogP contribution in [0.1, 0.15) is 32.3 Å². The molecule has 0 aliphatic rings. The normalized spacial score (nSPS) is 10.9. The van der Waals surface area contributed by atoms with Crippen LogP contribution in [0, 0.1) is 5.82 Å². The molecular weight excluding hydrogens is 265 g/mol. The van der Waals surface area contributed by atoms with E-state index in [1.54, 1.807) is 11.0 Å². The molecule has 0 aromatic heterocycles. The highest BCUT2D eigenvalue weighted by Gasteiger charge is 2.09. The van der Waals surface area contributed by atoms with Gasteiger partial charge in [-0.15, -0.1) is 0 Å². The van der Waals surface area contributed by atoms with Crippen molar-refractivity contribution in [2.75, 3.05) is 13.1 Å². The summed E-state index contributed by atoms with van der Waals surface area (Å²) in [5, 5.41) is 0.307. The molecule has 0 aliphatic carbocycles. The highest BCUT2D eigenvalue weighted by atomic mass is 35.5. The van der Waals surface area contributed by atoms with Crippen molar-refractivity contribution in [3.8, 4) is 0 Å². The summed E-state index contributed by atoms with van der Waals surface area (Å²) in [4.78, 5) is 13.7. The number of benzene rings is 1. The van der Waals surface area contributed by atoms with Gasteiger partial charge in [0.15, 0.2) is 0 Å². The lowest BCUT2D eigenvalue weighted by Gasteiger charge is -2.19. The fourth-order valence-electron chi connectivity index (χ4n) is 1.80. The largest absolute Gasteiger partial charge is 0.339 e. The molecule has 0 radical (unpaired) electrons. The third kappa shape index (κ3) is 4.67. The first kappa shape index (κ1) is 15.7. The van der Waals surface area contributed by atoms with E-state index in [-0.39, 0.29) is 11.5 Å². The molecule has 1 aromatic rings. The van der Waals surface area contributed by atoms with Gasteiger partial charge >= 0.3 is 0 Å². The summed E-state index contributed by atoms with van der Waals surface area (Å²) in [6.07, 6.45) is 4.63. The number of carbonyl (C=O) groups is 1. The van der Waals surface area contributed by atoms with Crippen LogP contribution in [0.4, 0.5) is 4.39 Å². The average Bonchev–Trinajstić information content (AvgIpc) is 2.37. The van der Waals surface area contributed by atoms with E-state index in [9.17, 15) is 9.18 Å². The Balaban J connectivity index is 2.82. The molecule has 0 atom stereocenters. The van der Waals surface area contributed by atoms with Crippen LogP contribution in [0.5, 0.6) is 0 Å². The van der Waals surface area contributed by atoms with E-state index in [1.807, 2.05) is 13.8 Å². The molecule has 1 amide bonds. The molecule has 0 saturated heterocycles. The monoisotopic (exact) mass is 283 g/mol. The quantitative estimate of drug-likeness (QED) is 0.719. The Kier molecular flexibility index (Phi) is 6.57. The minimum atomic E-state index is -0.422. The lowest BCUT2D eigenvalue weighted by atomic mass is 10.2. The molecule has 1 aromatic carbocycles. The fourth-order valence-corrected chi connectivity index (χ4v) is 2.03. The van der Waals surface area contributed by atoms with Gasteiger partial charge in [-0.1, -0.05) is 31.5 Å². The van der Waals surface area contributed by atoms with Crippen LogP contribution in [-0.4, -0.2) is 23.9 Å². The third-order valence-corrected chi connectivity index (χ3v) is 3.02. The lowest BCUT2D eigenvalue weighted by Crippen LogP contribution is -2.30. The van der Waals surface area contributed by atoms with Gasteiger partial charge in [-0.25, -0.2) is 4.39 Å². The second-order valence-electron chi connectivity index (χ2n) is 4.29. The van der Waals surface area contributed by atoms with Crippen molar-refractivity contribution in [2.45, 2.75) is 26.7 Å². The van der Waals surface area contributed by atoms with Gasteiger partial charge in [0.1, 0.15) is 5.82 Å². The summed E-state index contributed by atoms with van der Waals surface area (Å²) in [6.45, 7) is 5.46. The van der Waals surface area contributed by atoms with Crippen molar-refractivity contribution in [1.82, 2.24) is 4.90 Å². The van der Waals surface area contributed by atoms with Gasteiger partial charge in [0.25, 0.3) is 0 Å². The SMILES string of the molecule is CCCN(CCC)C(=O)C=Cc1c(F)cccc1Cl. The maximum Gasteiger partial charge on any atom is 0.246 e. The van der Waals surface area contributed by atoms with Crippen LogP contribution in [-0.2, 0) is 4.79 Å². The zero-order valence-electron chi connectivity index (χ0n) is 11.3. The Morgan fingerprint density at radius 3 is 2.47 bits per heavy atom. The molecule has 1 rings (SSSR count). The van der Waals surface area contributed by atoms with Crippen molar-refractivity contribution >= 4 is 23.6 Å². The van der Waals surface area contributed by atoms with E-state index in [0.29, 0.717) is 18.1 Å². The van der Waals surface area contributed by atoms with E-state index in [1.165, 1.54) is 24.3 Å². The maximum absolute atomic E-state index is 13.5. The first-order valence-electron chi connectivity index (χ1n) is 6.51. The summed E-state index contributed by atoms with van der Waals surface area (Å²) < 4.78 is 13.5. The summed E-state index contributed by atoms with van der Waals surface area (Å²) in [5.74, 6) is -0.530. The van der Waals surface area contributed by atoms with E-state index in [4.69, 9.17) is 11.6 Å². The standard InChI is InChI=1S/C15H19ClFNO/c1-3-10-18(11-4-2)15(19)9-8-12-13(16)6-5-7-14(12)17/h5-9H,3-4,10-11H2,1-2H3. The smallest absolute Gasteiger partial charge is 0.246 e. The first-order valence-corrected chi connectivity index (χ1v) is 6.89. The fraction of sp³-hybridized carbons (Fsp3) is 0.400. The van der Waals surface area contributed by atoms with Crippen LogP contribution < -0.4 is 0 Å². The van der Waals surface area contributed by atoms with Crippen molar-refractivity contribution in [3.05, 3.63) is 40.7 Å². The second-order valence-corrected chi connectivity index (χ2v) is 4.70. The molecule has 19 heavy (non-hydrogen) atoms. The molecular formula is C15H19ClFNO. The van der Waals surface area contributed by atoms with Gasteiger partial charge in [0.05, 0.1) is 5.02 Å². The maximum atomic E-state index is 13.5. The van der Waals surface area contributed by atoms with Gasteiger partial charge < -0.3 is 4.90 Å². The Bertz CT molecular complexity index is 433. The number of rotatable bonds is 6. The lowest BCUT2D eigenvalue weighted by molar-refractivity contribution is -0.126. The number of halogens is 2. The van der Waals surface area contributed by atoms with Crippen LogP contribution >= 0.6 is 11.6 Å². The molecule has 0 bridgehead atoms. The number of hydrogen-bond donors (Lipinski definition) is 0. The third-order valence-electron chi connectivity index (χ3n) is 2.69. The summed E-state index contributed by atoms with van der Waals surface area (Å²) >= 11 is 5.90. The number of amides is 1. The van der Waals surface area contributed by atoms with Gasteiger partial charge in [-0.3, -0.25) is 4.79 Å². The van der Waals surface area contributed by atoms with Crippen molar-refractivity contribution in [1.29, 1.82) is 0 Å². The topological polar surface area (TPSA) is 20.3 Å². The predicted molar refractivity (Wildman–Crippen MR) is 77.6 cm³/mol. The highest BCUT2D eigenvalue weighted by molar-refractivity contribution is 6.32. The molecule has 2 nitrogen and oxygen atoms in total. The van der Waals surface area contributed by atoms with Crippen LogP contribution in [0.15, 0.2) is 24.3 Å². The van der Waals surface area contributed by atoms with Gasteiger partial charge in [0, 0.05) is 24.7 Å². The molecule has 0 fully saturated rings. The molecule has 0 spiro atoms. The Morgan fingerprint density at radius 2 is 1.95 bits per heavy atom. The second kappa shape index (κ2) is 7.95. The van der Waals surface area contributed by atoms with Gasteiger partial charge in [-0.05, 0) is 31.1 Å². The molecule has 4 heteroatoms. The van der Waals surface area contributed by atoms with E-state index in [2.05, 4.69) is 0 Å². The van der Waals surface area contributed by atoms with Crippen LogP contribution in [0.2, 0.25) is 5.02 Å². The van der Waals surface area contributed by atoms with Gasteiger partial charge in [-0.2, -0.15) is 0 Å². The van der Waals surface area contributed by atoms with Crippen molar-refractivity contribution in [3.63, 3.8) is 0 Å². The number of hydrogen-bond acceptors (Lipinski definition) is 1. The minimum absolute atomic E-state index is 0.108. The Morgan fingerprint density at radius 1 is 1.32 bits per heavy atom. The summed E-state index contributed by atoms with van der Waals surface area (Å²) in [6, 6.07) is 4.47. The van der Waals surface area contributed by atoms with E-state index in [0.717, 1.165) is 12.8 Å². The predicted octanol–water partition coefficient (Wildman–Crippen LogP) is 4.14. The zero-order chi connectivity index (χ0) is 14.3. The Labute approximate surface area is 118 Å². The van der Waals surface area contributed by atoms with E-state index < -0.39 is 5.82 Å². The summed E-state index contributed by atoms with van der Waals surface area (Å²) in [5.41, 5.74) is 0.255.